The van der Waals surface area contributed by atoms with E-state index < -0.39 is 12.1 Å². The molecule has 0 radical (unpaired) electrons. The first-order valence-corrected chi connectivity index (χ1v) is 12.0. The predicted octanol–water partition coefficient (Wildman–Crippen LogP) is 4.31. The van der Waals surface area contributed by atoms with Crippen LogP contribution in [-0.4, -0.2) is 46.9 Å². The van der Waals surface area contributed by atoms with Crippen LogP contribution >= 0.6 is 0 Å². The van der Waals surface area contributed by atoms with E-state index in [1.807, 2.05) is 51.0 Å². The standard InChI is InChI=1S/C28H33N3O3/c1-17-11-21(22-6-5-19(15-29)16-30-22)12-18(2)25(17)26-23(32)13-28(14-24(26)33)9-7-20(8-10-28)27(34)31(3)4/h5-6,11-12,16,20,26-27,34H,7-10,13-14H2,1-4H3. The van der Waals surface area contributed by atoms with Crippen LogP contribution < -0.4 is 0 Å². The van der Waals surface area contributed by atoms with Crippen molar-refractivity contribution in [1.29, 1.82) is 5.26 Å². The first-order valence-electron chi connectivity index (χ1n) is 12.0. The van der Waals surface area contributed by atoms with Gasteiger partial charge in [0.2, 0.25) is 0 Å². The predicted molar refractivity (Wildman–Crippen MR) is 130 cm³/mol. The maximum atomic E-state index is 13.4. The van der Waals surface area contributed by atoms with Gasteiger partial charge in [-0.1, -0.05) is 0 Å². The van der Waals surface area contributed by atoms with Gasteiger partial charge < -0.3 is 5.11 Å². The van der Waals surface area contributed by atoms with E-state index in [0.717, 1.165) is 53.6 Å². The highest BCUT2D eigenvalue weighted by atomic mass is 16.3. The fraction of sp³-hybridized carbons (Fsp3) is 0.500. The lowest BCUT2D eigenvalue weighted by atomic mass is 9.59. The number of benzene rings is 1. The summed E-state index contributed by atoms with van der Waals surface area (Å²) in [4.78, 5) is 33.0. The van der Waals surface area contributed by atoms with Crippen molar-refractivity contribution in [1.82, 2.24) is 9.88 Å². The highest BCUT2D eigenvalue weighted by molar-refractivity contribution is 6.10. The molecule has 1 heterocycles. The molecule has 1 spiro atoms. The maximum Gasteiger partial charge on any atom is 0.148 e. The molecule has 1 atom stereocenters. The molecule has 1 unspecified atom stereocenters. The quantitative estimate of drug-likeness (QED) is 0.541. The Kier molecular flexibility index (Phi) is 6.71. The molecule has 34 heavy (non-hydrogen) atoms. The number of nitrogens with zero attached hydrogens (tertiary/aromatic N) is 3. The fourth-order valence-corrected chi connectivity index (χ4v) is 6.04. The largest absolute Gasteiger partial charge is 0.378 e. The monoisotopic (exact) mass is 459 g/mol. The second-order valence-electron chi connectivity index (χ2n) is 10.5. The van der Waals surface area contributed by atoms with Crippen molar-refractivity contribution in [2.45, 2.75) is 64.5 Å². The van der Waals surface area contributed by atoms with Crippen LogP contribution in [0.2, 0.25) is 0 Å². The summed E-state index contributed by atoms with van der Waals surface area (Å²) in [5.74, 6) is -0.452. The highest BCUT2D eigenvalue weighted by Crippen LogP contribution is 2.50. The zero-order valence-corrected chi connectivity index (χ0v) is 20.5. The molecule has 6 nitrogen and oxygen atoms in total. The fourth-order valence-electron chi connectivity index (χ4n) is 6.04. The first-order chi connectivity index (χ1) is 16.1. The van der Waals surface area contributed by atoms with Gasteiger partial charge in [0.1, 0.15) is 29.8 Å². The number of aromatic nitrogens is 1. The molecule has 0 bridgehead atoms. The molecule has 2 aliphatic carbocycles. The van der Waals surface area contributed by atoms with Gasteiger partial charge in [-0.3, -0.25) is 19.5 Å². The van der Waals surface area contributed by atoms with Crippen molar-refractivity contribution in [2.24, 2.45) is 11.3 Å². The summed E-state index contributed by atoms with van der Waals surface area (Å²) in [7, 11) is 3.75. The smallest absolute Gasteiger partial charge is 0.148 e. The number of carbonyl (C=O) groups excluding carboxylic acids is 2. The third-order valence-electron chi connectivity index (χ3n) is 7.85. The lowest BCUT2D eigenvalue weighted by Crippen LogP contribution is -2.44. The molecule has 178 valence electrons. The minimum Gasteiger partial charge on any atom is -0.378 e. The van der Waals surface area contributed by atoms with E-state index in [-0.39, 0.29) is 22.9 Å². The van der Waals surface area contributed by atoms with Gasteiger partial charge in [0.25, 0.3) is 0 Å². The Balaban J connectivity index is 1.54. The third-order valence-corrected chi connectivity index (χ3v) is 7.85. The summed E-state index contributed by atoms with van der Waals surface area (Å²) in [6.07, 6.45) is 5.26. The van der Waals surface area contributed by atoms with Crippen LogP contribution in [-0.2, 0) is 9.59 Å². The van der Waals surface area contributed by atoms with E-state index in [4.69, 9.17) is 5.26 Å². The molecular formula is C28H33N3O3. The summed E-state index contributed by atoms with van der Waals surface area (Å²) in [6.45, 7) is 3.91. The average Bonchev–Trinajstić information content (AvgIpc) is 2.80. The van der Waals surface area contributed by atoms with Crippen LogP contribution in [0, 0.1) is 36.5 Å². The molecule has 1 aromatic heterocycles. The number of nitriles is 1. The summed E-state index contributed by atoms with van der Waals surface area (Å²) >= 11 is 0. The molecule has 2 aromatic rings. The molecule has 1 N–H and O–H groups in total. The molecule has 0 aliphatic heterocycles. The molecule has 0 saturated heterocycles. The van der Waals surface area contributed by atoms with Gasteiger partial charge in [-0.25, -0.2) is 0 Å². The van der Waals surface area contributed by atoms with Gasteiger partial charge in [-0.05, 0) is 106 Å². The van der Waals surface area contributed by atoms with Crippen LogP contribution in [0.1, 0.15) is 66.7 Å². The minimum atomic E-state index is -0.696. The van der Waals surface area contributed by atoms with Crippen LogP contribution in [0.15, 0.2) is 30.5 Å². The summed E-state index contributed by atoms with van der Waals surface area (Å²) in [6, 6.07) is 9.59. The van der Waals surface area contributed by atoms with Crippen LogP contribution in [0.4, 0.5) is 0 Å². The number of aryl methyl sites for hydroxylation is 2. The normalized spacial score (nSPS) is 26.0. The number of hydrogen-bond acceptors (Lipinski definition) is 6. The molecule has 2 aliphatic rings. The number of Topliss-reactive ketones (excluding diaryl/α,β-unsaturated/α-hetero) is 2. The van der Waals surface area contributed by atoms with Gasteiger partial charge in [0.15, 0.2) is 0 Å². The van der Waals surface area contributed by atoms with Gasteiger partial charge in [-0.15, -0.1) is 0 Å². The van der Waals surface area contributed by atoms with Gasteiger partial charge >= 0.3 is 0 Å². The van der Waals surface area contributed by atoms with E-state index in [1.54, 1.807) is 12.3 Å². The Bertz CT molecular complexity index is 1100. The van der Waals surface area contributed by atoms with E-state index in [9.17, 15) is 14.7 Å². The van der Waals surface area contributed by atoms with Crippen molar-refractivity contribution in [3.8, 4) is 17.3 Å². The molecular weight excluding hydrogens is 426 g/mol. The molecule has 0 amide bonds. The number of rotatable bonds is 4. The topological polar surface area (TPSA) is 94.3 Å². The summed E-state index contributed by atoms with van der Waals surface area (Å²) < 4.78 is 0. The first kappa shape index (κ1) is 24.3. The summed E-state index contributed by atoms with van der Waals surface area (Å²) in [5.41, 5.74) is 4.59. The van der Waals surface area contributed by atoms with Crippen molar-refractivity contribution >= 4 is 11.6 Å². The van der Waals surface area contributed by atoms with E-state index >= 15 is 0 Å². The second kappa shape index (κ2) is 9.40. The van der Waals surface area contributed by atoms with E-state index in [1.165, 1.54) is 0 Å². The van der Waals surface area contributed by atoms with Gasteiger partial charge in [-0.2, -0.15) is 5.26 Å². The molecule has 6 heteroatoms. The Morgan fingerprint density at radius 3 is 2.15 bits per heavy atom. The molecule has 2 saturated carbocycles. The Labute approximate surface area is 201 Å². The van der Waals surface area contributed by atoms with Crippen LogP contribution in [0.5, 0.6) is 0 Å². The lowest BCUT2D eigenvalue weighted by Gasteiger charge is -2.45. The zero-order valence-electron chi connectivity index (χ0n) is 20.5. The maximum absolute atomic E-state index is 13.4. The number of ketones is 2. The highest BCUT2D eigenvalue weighted by Gasteiger charge is 2.48. The SMILES string of the molecule is Cc1cc(-c2ccc(C#N)cn2)cc(C)c1C1C(=O)CC2(CCC(C(O)N(C)C)CC2)CC1=O. The molecule has 1 aromatic carbocycles. The zero-order chi connectivity index (χ0) is 24.6. The molecule has 2 fully saturated rings. The Morgan fingerprint density at radius 2 is 1.68 bits per heavy atom. The van der Waals surface area contributed by atoms with E-state index in [2.05, 4.69) is 11.1 Å². The average molecular weight is 460 g/mol. The van der Waals surface area contributed by atoms with Crippen molar-refractivity contribution in [2.75, 3.05) is 14.1 Å². The van der Waals surface area contributed by atoms with Crippen molar-refractivity contribution in [3.63, 3.8) is 0 Å². The number of aliphatic hydroxyl groups is 1. The third kappa shape index (κ3) is 4.55. The minimum absolute atomic E-state index is 0.0262. The van der Waals surface area contributed by atoms with Gasteiger partial charge in [0, 0.05) is 24.6 Å². The lowest BCUT2D eigenvalue weighted by molar-refractivity contribution is -0.139. The van der Waals surface area contributed by atoms with Crippen molar-refractivity contribution < 1.29 is 14.7 Å². The second-order valence-corrected chi connectivity index (χ2v) is 10.5. The summed E-state index contributed by atoms with van der Waals surface area (Å²) in [5, 5.41) is 19.4. The number of hydrogen-bond donors (Lipinski definition) is 1. The number of aliphatic hydroxyl groups excluding tert-OH is 1. The van der Waals surface area contributed by atoms with Crippen LogP contribution in [0.3, 0.4) is 0 Å². The van der Waals surface area contributed by atoms with Crippen LogP contribution in [0.25, 0.3) is 11.3 Å². The van der Waals surface area contributed by atoms with Crippen molar-refractivity contribution in [3.05, 3.63) is 52.7 Å². The Hall–Kier alpha value is -2.88. The van der Waals surface area contributed by atoms with E-state index in [0.29, 0.717) is 18.4 Å². The Morgan fingerprint density at radius 1 is 1.09 bits per heavy atom. The van der Waals surface area contributed by atoms with Gasteiger partial charge in [0.05, 0.1) is 11.3 Å². The number of carbonyl (C=O) groups is 2. The number of pyridine rings is 1. The molecule has 4 rings (SSSR count).